The van der Waals surface area contributed by atoms with Gasteiger partial charge in [-0.3, -0.25) is 9.98 Å². The molecule has 0 aromatic heterocycles. The largest absolute Gasteiger partial charge is 0.507 e. The van der Waals surface area contributed by atoms with E-state index in [0.717, 1.165) is 61.4 Å². The summed E-state index contributed by atoms with van der Waals surface area (Å²) in [5, 5.41) is 20.9. The summed E-state index contributed by atoms with van der Waals surface area (Å²) in [6, 6.07) is 26.2. The lowest BCUT2D eigenvalue weighted by Gasteiger charge is -2.08. The second kappa shape index (κ2) is 28.4. The maximum atomic E-state index is 10.5. The molecule has 4 aromatic rings. The van der Waals surface area contributed by atoms with Crippen LogP contribution in [0.15, 0.2) is 94.9 Å². The summed E-state index contributed by atoms with van der Waals surface area (Å²) in [6.45, 7) is 7.17. The van der Waals surface area contributed by atoms with Crippen LogP contribution in [0.25, 0.3) is 0 Å². The third-order valence-corrected chi connectivity index (χ3v) is 9.99. The summed E-state index contributed by atoms with van der Waals surface area (Å²) < 4.78 is 23.5. The minimum absolute atomic E-state index is 0.160. The number of phenols is 2. The molecule has 0 atom stereocenters. The summed E-state index contributed by atoms with van der Waals surface area (Å²) >= 11 is 0. The van der Waals surface area contributed by atoms with Gasteiger partial charge < -0.3 is 29.2 Å². The van der Waals surface area contributed by atoms with Gasteiger partial charge in [0, 0.05) is 35.7 Å². The van der Waals surface area contributed by atoms with Gasteiger partial charge in [-0.25, -0.2) is 0 Å². The molecule has 4 aromatic carbocycles. The lowest BCUT2D eigenvalue weighted by atomic mass is 10.1. The molecule has 0 radical (unpaired) electrons. The molecule has 0 aliphatic carbocycles. The van der Waals surface area contributed by atoms with Crippen LogP contribution in [0.5, 0.6) is 34.5 Å². The van der Waals surface area contributed by atoms with Crippen molar-refractivity contribution >= 4 is 23.8 Å². The molecule has 4 rings (SSSR count). The molecule has 0 saturated carbocycles. The van der Waals surface area contributed by atoms with Crippen molar-refractivity contribution in [1.29, 1.82) is 0 Å². The predicted octanol–water partition coefficient (Wildman–Crippen LogP) is 13.9. The van der Waals surface area contributed by atoms with E-state index >= 15 is 0 Å². The Morgan fingerprint density at radius 2 is 0.672 bits per heavy atom. The summed E-state index contributed by atoms with van der Waals surface area (Å²) in [6.07, 6.45) is 24.6. The Labute approximate surface area is 348 Å². The number of aromatic hydroxyl groups is 2. The second-order valence-electron chi connectivity index (χ2n) is 15.0. The summed E-state index contributed by atoms with van der Waals surface area (Å²) in [5.74, 6) is 3.35. The van der Waals surface area contributed by atoms with E-state index in [0.29, 0.717) is 49.1 Å². The second-order valence-corrected chi connectivity index (χ2v) is 15.0. The topological polar surface area (TPSA) is 102 Å². The highest BCUT2D eigenvalue weighted by Gasteiger charge is 2.05. The van der Waals surface area contributed by atoms with E-state index in [1.54, 1.807) is 24.6 Å². The van der Waals surface area contributed by atoms with Crippen LogP contribution in [0.4, 0.5) is 11.4 Å². The van der Waals surface area contributed by atoms with Gasteiger partial charge >= 0.3 is 0 Å². The van der Waals surface area contributed by atoms with Gasteiger partial charge in [0.1, 0.15) is 34.5 Å². The zero-order valence-electron chi connectivity index (χ0n) is 35.2. The Bertz CT molecular complexity index is 1610. The van der Waals surface area contributed by atoms with Crippen LogP contribution in [-0.4, -0.2) is 49.1 Å². The smallest absolute Gasteiger partial charge is 0.128 e. The summed E-state index contributed by atoms with van der Waals surface area (Å²) in [7, 11) is 0. The molecule has 0 unspecified atom stereocenters. The van der Waals surface area contributed by atoms with E-state index in [1.165, 1.54) is 77.0 Å². The van der Waals surface area contributed by atoms with E-state index in [4.69, 9.17) is 18.9 Å². The average molecular weight is 793 g/mol. The molecule has 2 N–H and O–H groups in total. The van der Waals surface area contributed by atoms with Crippen molar-refractivity contribution in [2.24, 2.45) is 9.98 Å². The molecule has 0 fully saturated rings. The lowest BCUT2D eigenvalue weighted by molar-refractivity contribution is 0.297. The van der Waals surface area contributed by atoms with Gasteiger partial charge in [-0.05, 0) is 98.5 Å². The third kappa shape index (κ3) is 19.0. The quantitative estimate of drug-likeness (QED) is 0.0389. The van der Waals surface area contributed by atoms with Gasteiger partial charge in [0.2, 0.25) is 0 Å². The first kappa shape index (κ1) is 45.7. The van der Waals surface area contributed by atoms with E-state index in [2.05, 4.69) is 23.8 Å². The molecule has 0 heterocycles. The molecular weight excluding hydrogens is 725 g/mol. The Balaban J connectivity index is 1.00. The van der Waals surface area contributed by atoms with Crippen LogP contribution in [0.3, 0.4) is 0 Å². The standard InChI is InChI=1S/C50H68N2O6/c1-3-5-7-9-13-19-35-57-47-27-21-41(49(53)37-47)39-51-43-23-29-45(30-24-43)55-33-17-15-11-12-16-18-34-56-46-31-25-44(26-32-46)52-40-42-22-28-48(38-50(42)54)58-36-20-14-10-8-6-4-2/h21-32,37-40,53-54H,3-20,33-36H2,1-2H3. The summed E-state index contributed by atoms with van der Waals surface area (Å²) in [5.41, 5.74) is 2.89. The number of hydrogen-bond acceptors (Lipinski definition) is 8. The number of aliphatic imine (C=N–C) groups is 2. The van der Waals surface area contributed by atoms with Crippen LogP contribution in [0.2, 0.25) is 0 Å². The first-order valence-electron chi connectivity index (χ1n) is 22.0. The number of phenolic OH excluding ortho intramolecular Hbond substituents is 2. The van der Waals surface area contributed by atoms with E-state index in [9.17, 15) is 10.2 Å². The molecule has 0 aliphatic rings. The molecule has 0 amide bonds. The zero-order chi connectivity index (χ0) is 40.9. The Morgan fingerprint density at radius 3 is 1.00 bits per heavy atom. The number of hydrogen-bond donors (Lipinski definition) is 2. The average Bonchev–Trinajstić information content (AvgIpc) is 3.24. The number of benzene rings is 4. The first-order chi connectivity index (χ1) is 28.5. The Kier molecular flexibility index (Phi) is 22.4. The molecular formula is C50H68N2O6. The lowest BCUT2D eigenvalue weighted by Crippen LogP contribution is -1.98. The fourth-order valence-electron chi connectivity index (χ4n) is 6.43. The third-order valence-electron chi connectivity index (χ3n) is 9.99. The molecule has 8 heteroatoms. The first-order valence-corrected chi connectivity index (χ1v) is 22.0. The monoisotopic (exact) mass is 793 g/mol. The van der Waals surface area contributed by atoms with Crippen molar-refractivity contribution in [2.75, 3.05) is 26.4 Å². The highest BCUT2D eigenvalue weighted by atomic mass is 16.5. The van der Waals surface area contributed by atoms with Crippen molar-refractivity contribution in [3.63, 3.8) is 0 Å². The van der Waals surface area contributed by atoms with E-state index in [1.807, 2.05) is 72.8 Å². The van der Waals surface area contributed by atoms with Crippen molar-refractivity contribution in [1.82, 2.24) is 0 Å². The minimum atomic E-state index is 0.160. The SMILES string of the molecule is CCCCCCCCOc1ccc(C=Nc2ccc(OCCCCCCCCOc3ccc(N=Cc4ccc(OCCCCCCCC)cc4O)cc3)cc2)c(O)c1. The molecule has 0 saturated heterocycles. The molecule has 8 nitrogen and oxygen atoms in total. The Morgan fingerprint density at radius 1 is 0.379 bits per heavy atom. The van der Waals surface area contributed by atoms with E-state index < -0.39 is 0 Å². The van der Waals surface area contributed by atoms with Gasteiger partial charge in [-0.1, -0.05) is 104 Å². The number of unbranched alkanes of at least 4 members (excludes halogenated alkanes) is 15. The van der Waals surface area contributed by atoms with Gasteiger partial charge in [-0.2, -0.15) is 0 Å². The van der Waals surface area contributed by atoms with Crippen molar-refractivity contribution < 1.29 is 29.2 Å². The van der Waals surface area contributed by atoms with Crippen molar-refractivity contribution in [3.8, 4) is 34.5 Å². The molecule has 58 heavy (non-hydrogen) atoms. The van der Waals surface area contributed by atoms with Crippen molar-refractivity contribution in [2.45, 2.75) is 129 Å². The van der Waals surface area contributed by atoms with Gasteiger partial charge in [0.15, 0.2) is 0 Å². The molecule has 0 bridgehead atoms. The summed E-state index contributed by atoms with van der Waals surface area (Å²) in [4.78, 5) is 9.04. The van der Waals surface area contributed by atoms with E-state index in [-0.39, 0.29) is 11.5 Å². The fraction of sp³-hybridized carbons (Fsp3) is 0.480. The minimum Gasteiger partial charge on any atom is -0.507 e. The van der Waals surface area contributed by atoms with Crippen LogP contribution >= 0.6 is 0 Å². The van der Waals surface area contributed by atoms with Crippen molar-refractivity contribution in [3.05, 3.63) is 96.1 Å². The number of ether oxygens (including phenoxy) is 4. The number of nitrogens with zero attached hydrogens (tertiary/aromatic N) is 2. The fourth-order valence-corrected chi connectivity index (χ4v) is 6.43. The molecule has 0 spiro atoms. The highest BCUT2D eigenvalue weighted by Crippen LogP contribution is 2.26. The normalized spacial score (nSPS) is 11.4. The van der Waals surface area contributed by atoms with Gasteiger partial charge in [0.25, 0.3) is 0 Å². The maximum absolute atomic E-state index is 10.5. The molecule has 0 aliphatic heterocycles. The van der Waals surface area contributed by atoms with Crippen LogP contribution < -0.4 is 18.9 Å². The highest BCUT2D eigenvalue weighted by molar-refractivity contribution is 5.86. The van der Waals surface area contributed by atoms with Gasteiger partial charge in [0.05, 0.1) is 37.8 Å². The Hall–Kier alpha value is -4.98. The maximum Gasteiger partial charge on any atom is 0.128 e. The van der Waals surface area contributed by atoms with Crippen LogP contribution in [0.1, 0.15) is 141 Å². The van der Waals surface area contributed by atoms with Gasteiger partial charge in [-0.15, -0.1) is 0 Å². The number of rotatable bonds is 31. The molecule has 314 valence electrons. The van der Waals surface area contributed by atoms with Crippen LogP contribution in [-0.2, 0) is 0 Å². The van der Waals surface area contributed by atoms with Crippen LogP contribution in [0, 0.1) is 0 Å². The zero-order valence-corrected chi connectivity index (χ0v) is 35.2. The predicted molar refractivity (Wildman–Crippen MR) is 240 cm³/mol.